The van der Waals surface area contributed by atoms with E-state index in [1.807, 2.05) is 0 Å². The summed E-state index contributed by atoms with van der Waals surface area (Å²) >= 11 is 0. The number of hydrogen-bond donors (Lipinski definition) is 1. The lowest BCUT2D eigenvalue weighted by atomic mass is 9.92. The van der Waals surface area contributed by atoms with E-state index in [2.05, 4.69) is 33.0 Å². The molecule has 2 unspecified atom stereocenters. The molecule has 0 bridgehead atoms. The summed E-state index contributed by atoms with van der Waals surface area (Å²) < 4.78 is 5.41. The third kappa shape index (κ3) is 5.31. The van der Waals surface area contributed by atoms with Crippen molar-refractivity contribution in [2.75, 3.05) is 13.2 Å². The minimum Gasteiger partial charge on any atom is -0.381 e. The number of hydrogen-bond acceptors (Lipinski definition) is 2. The Morgan fingerprint density at radius 3 is 2.25 bits per heavy atom. The van der Waals surface area contributed by atoms with E-state index < -0.39 is 0 Å². The highest BCUT2D eigenvalue weighted by Gasteiger charge is 2.21. The molecule has 0 saturated carbocycles. The normalized spacial score (nSPS) is 22.3. The van der Waals surface area contributed by atoms with E-state index in [-0.39, 0.29) is 0 Å². The van der Waals surface area contributed by atoms with Crippen LogP contribution in [0.25, 0.3) is 0 Å². The van der Waals surface area contributed by atoms with Crippen LogP contribution in [0, 0.1) is 11.8 Å². The standard InChI is InChI=1S/C14H29NO/c1-11(2)5-6-12(3)15-13(4)14-7-9-16-10-8-14/h11-15H,5-10H2,1-4H3. The van der Waals surface area contributed by atoms with Crippen molar-refractivity contribution >= 4 is 0 Å². The third-order valence-electron chi connectivity index (χ3n) is 3.70. The van der Waals surface area contributed by atoms with E-state index in [9.17, 15) is 0 Å². The maximum absolute atomic E-state index is 5.41. The Labute approximate surface area is 101 Å². The van der Waals surface area contributed by atoms with Crippen molar-refractivity contribution in [3.63, 3.8) is 0 Å². The maximum Gasteiger partial charge on any atom is 0.0469 e. The lowest BCUT2D eigenvalue weighted by Gasteiger charge is -2.31. The van der Waals surface area contributed by atoms with Gasteiger partial charge in [-0.3, -0.25) is 0 Å². The fourth-order valence-corrected chi connectivity index (χ4v) is 2.47. The SMILES string of the molecule is CC(C)CCC(C)NC(C)C1CCOCC1. The Balaban J connectivity index is 2.18. The molecule has 1 N–H and O–H groups in total. The molecule has 1 heterocycles. The zero-order chi connectivity index (χ0) is 12.0. The van der Waals surface area contributed by atoms with Gasteiger partial charge in [0.05, 0.1) is 0 Å². The van der Waals surface area contributed by atoms with Crippen molar-refractivity contribution in [2.24, 2.45) is 11.8 Å². The summed E-state index contributed by atoms with van der Waals surface area (Å²) in [4.78, 5) is 0. The molecular weight excluding hydrogens is 198 g/mol. The molecule has 16 heavy (non-hydrogen) atoms. The Kier molecular flexibility index (Phi) is 6.37. The summed E-state index contributed by atoms with van der Waals surface area (Å²) in [5, 5.41) is 3.75. The number of ether oxygens (including phenoxy) is 1. The Morgan fingerprint density at radius 2 is 1.69 bits per heavy atom. The van der Waals surface area contributed by atoms with Crippen LogP contribution >= 0.6 is 0 Å². The van der Waals surface area contributed by atoms with Gasteiger partial charge < -0.3 is 10.1 Å². The first-order chi connectivity index (χ1) is 7.59. The van der Waals surface area contributed by atoms with Crippen LogP contribution in [0.1, 0.15) is 53.4 Å². The van der Waals surface area contributed by atoms with Gasteiger partial charge in [0.15, 0.2) is 0 Å². The van der Waals surface area contributed by atoms with Crippen molar-refractivity contribution in [1.29, 1.82) is 0 Å². The van der Waals surface area contributed by atoms with Crippen LogP contribution in [0.2, 0.25) is 0 Å². The first kappa shape index (κ1) is 14.0. The van der Waals surface area contributed by atoms with Crippen LogP contribution in [0.3, 0.4) is 0 Å². The van der Waals surface area contributed by atoms with Gasteiger partial charge in [-0.2, -0.15) is 0 Å². The van der Waals surface area contributed by atoms with Gasteiger partial charge in [0.1, 0.15) is 0 Å². The molecule has 0 aromatic carbocycles. The second-order valence-corrected chi connectivity index (χ2v) is 5.78. The summed E-state index contributed by atoms with van der Waals surface area (Å²) in [6, 6.07) is 1.30. The Bertz CT molecular complexity index is 176. The largest absolute Gasteiger partial charge is 0.381 e. The summed E-state index contributed by atoms with van der Waals surface area (Å²) in [5.74, 6) is 1.64. The van der Waals surface area contributed by atoms with Crippen molar-refractivity contribution in [3.8, 4) is 0 Å². The molecule has 96 valence electrons. The molecule has 0 aromatic rings. The van der Waals surface area contributed by atoms with E-state index in [1.54, 1.807) is 0 Å². The molecule has 1 aliphatic heterocycles. The molecular formula is C14H29NO. The molecule has 0 spiro atoms. The first-order valence-corrected chi connectivity index (χ1v) is 6.93. The molecule has 0 amide bonds. The average Bonchev–Trinajstić information content (AvgIpc) is 2.27. The molecule has 0 aromatic heterocycles. The van der Waals surface area contributed by atoms with E-state index in [4.69, 9.17) is 4.74 Å². The summed E-state index contributed by atoms with van der Waals surface area (Å²) in [7, 11) is 0. The van der Waals surface area contributed by atoms with E-state index in [1.165, 1.54) is 25.7 Å². The van der Waals surface area contributed by atoms with Crippen LogP contribution in [-0.4, -0.2) is 25.3 Å². The topological polar surface area (TPSA) is 21.3 Å². The van der Waals surface area contributed by atoms with Crippen LogP contribution in [0.15, 0.2) is 0 Å². The molecule has 1 fully saturated rings. The van der Waals surface area contributed by atoms with E-state index in [0.717, 1.165) is 25.0 Å². The van der Waals surface area contributed by atoms with Gasteiger partial charge in [-0.15, -0.1) is 0 Å². The van der Waals surface area contributed by atoms with Gasteiger partial charge in [-0.1, -0.05) is 13.8 Å². The highest BCUT2D eigenvalue weighted by Crippen LogP contribution is 2.19. The molecule has 1 saturated heterocycles. The van der Waals surface area contributed by atoms with Gasteiger partial charge in [-0.05, 0) is 51.4 Å². The van der Waals surface area contributed by atoms with Crippen molar-refractivity contribution in [2.45, 2.75) is 65.5 Å². The van der Waals surface area contributed by atoms with Crippen molar-refractivity contribution in [1.82, 2.24) is 5.32 Å². The van der Waals surface area contributed by atoms with Gasteiger partial charge in [0.25, 0.3) is 0 Å². The monoisotopic (exact) mass is 227 g/mol. The molecule has 2 atom stereocenters. The van der Waals surface area contributed by atoms with Crippen LogP contribution < -0.4 is 5.32 Å². The van der Waals surface area contributed by atoms with Gasteiger partial charge in [0, 0.05) is 25.3 Å². The summed E-state index contributed by atoms with van der Waals surface area (Å²) in [5.41, 5.74) is 0. The van der Waals surface area contributed by atoms with Gasteiger partial charge in [-0.25, -0.2) is 0 Å². The molecule has 2 nitrogen and oxygen atoms in total. The predicted molar refractivity (Wildman–Crippen MR) is 69.7 cm³/mol. The molecule has 1 aliphatic rings. The zero-order valence-electron chi connectivity index (χ0n) is 11.5. The molecule has 1 rings (SSSR count). The van der Waals surface area contributed by atoms with Gasteiger partial charge in [0.2, 0.25) is 0 Å². The minimum absolute atomic E-state index is 0.645. The summed E-state index contributed by atoms with van der Waals surface area (Å²) in [6.07, 6.45) is 5.08. The zero-order valence-corrected chi connectivity index (χ0v) is 11.5. The third-order valence-corrected chi connectivity index (χ3v) is 3.70. The molecule has 0 radical (unpaired) electrons. The maximum atomic E-state index is 5.41. The number of rotatable bonds is 6. The van der Waals surface area contributed by atoms with E-state index in [0.29, 0.717) is 12.1 Å². The Morgan fingerprint density at radius 1 is 1.06 bits per heavy atom. The van der Waals surface area contributed by atoms with Crippen LogP contribution in [0.5, 0.6) is 0 Å². The van der Waals surface area contributed by atoms with Crippen molar-refractivity contribution < 1.29 is 4.74 Å². The summed E-state index contributed by atoms with van der Waals surface area (Å²) in [6.45, 7) is 11.2. The fraction of sp³-hybridized carbons (Fsp3) is 1.00. The van der Waals surface area contributed by atoms with Crippen molar-refractivity contribution in [3.05, 3.63) is 0 Å². The highest BCUT2D eigenvalue weighted by atomic mass is 16.5. The van der Waals surface area contributed by atoms with Crippen LogP contribution in [-0.2, 0) is 4.74 Å². The smallest absolute Gasteiger partial charge is 0.0469 e. The van der Waals surface area contributed by atoms with Crippen LogP contribution in [0.4, 0.5) is 0 Å². The first-order valence-electron chi connectivity index (χ1n) is 6.93. The number of nitrogens with one attached hydrogen (secondary N) is 1. The second-order valence-electron chi connectivity index (χ2n) is 5.78. The molecule has 0 aliphatic carbocycles. The molecule has 2 heteroatoms. The van der Waals surface area contributed by atoms with Gasteiger partial charge >= 0.3 is 0 Å². The second kappa shape index (κ2) is 7.29. The lowest BCUT2D eigenvalue weighted by Crippen LogP contribution is -2.41. The average molecular weight is 227 g/mol. The quantitative estimate of drug-likeness (QED) is 0.752. The predicted octanol–water partition coefficient (Wildman–Crippen LogP) is 3.22. The fourth-order valence-electron chi connectivity index (χ4n) is 2.47. The Hall–Kier alpha value is -0.0800. The minimum atomic E-state index is 0.645. The van der Waals surface area contributed by atoms with E-state index >= 15 is 0 Å². The lowest BCUT2D eigenvalue weighted by molar-refractivity contribution is 0.0544. The highest BCUT2D eigenvalue weighted by molar-refractivity contribution is 4.77.